The minimum absolute atomic E-state index is 0.0704. The number of likely N-dealkylation sites (tertiary alicyclic amines) is 1. The van der Waals surface area contributed by atoms with Crippen LogP contribution in [0, 0.1) is 5.92 Å². The van der Waals surface area contributed by atoms with Gasteiger partial charge in [0.1, 0.15) is 5.75 Å². The highest BCUT2D eigenvalue weighted by Gasteiger charge is 2.26. The summed E-state index contributed by atoms with van der Waals surface area (Å²) >= 11 is 0. The highest BCUT2D eigenvalue weighted by atomic mass is 16.5. The minimum Gasteiger partial charge on any atom is -0.491 e. The van der Waals surface area contributed by atoms with Gasteiger partial charge in [-0.1, -0.05) is 6.07 Å². The van der Waals surface area contributed by atoms with Crippen LogP contribution in [-0.2, 0) is 4.79 Å². The first-order chi connectivity index (χ1) is 10.5. The third-order valence-corrected chi connectivity index (χ3v) is 3.59. The quantitative estimate of drug-likeness (QED) is 0.896. The summed E-state index contributed by atoms with van der Waals surface area (Å²) in [6.07, 6.45) is 1.07. The smallest absolute Gasteiger partial charge is 0.321 e. The highest BCUT2D eigenvalue weighted by Crippen LogP contribution is 2.21. The first-order valence-electron chi connectivity index (χ1n) is 7.51. The zero-order valence-corrected chi connectivity index (χ0v) is 12.9. The number of hydrogen-bond acceptors (Lipinski definition) is 3. The molecule has 0 unspecified atom stereocenters. The van der Waals surface area contributed by atoms with Gasteiger partial charge >= 0.3 is 12.0 Å². The van der Waals surface area contributed by atoms with E-state index in [9.17, 15) is 9.59 Å². The Labute approximate surface area is 130 Å². The molecule has 2 rings (SSSR count). The Hall–Kier alpha value is -2.24. The van der Waals surface area contributed by atoms with Crippen LogP contribution < -0.4 is 10.1 Å². The zero-order chi connectivity index (χ0) is 16.1. The predicted molar refractivity (Wildman–Crippen MR) is 83.2 cm³/mol. The van der Waals surface area contributed by atoms with Gasteiger partial charge in [0.25, 0.3) is 0 Å². The molecule has 1 heterocycles. The van der Waals surface area contributed by atoms with Crippen molar-refractivity contribution in [2.24, 2.45) is 5.92 Å². The molecule has 0 aromatic heterocycles. The Bertz CT molecular complexity index is 537. The Morgan fingerprint density at radius 1 is 1.32 bits per heavy atom. The van der Waals surface area contributed by atoms with Crippen LogP contribution in [0.15, 0.2) is 24.3 Å². The average molecular weight is 306 g/mol. The van der Waals surface area contributed by atoms with Gasteiger partial charge in [-0.15, -0.1) is 0 Å². The topological polar surface area (TPSA) is 78.9 Å². The largest absolute Gasteiger partial charge is 0.491 e. The maximum Gasteiger partial charge on any atom is 0.321 e. The van der Waals surface area contributed by atoms with Crippen molar-refractivity contribution in [3.8, 4) is 5.75 Å². The number of nitrogens with one attached hydrogen (secondary N) is 1. The third kappa shape index (κ3) is 4.38. The van der Waals surface area contributed by atoms with Crippen LogP contribution in [0.3, 0.4) is 0 Å². The molecule has 1 aromatic rings. The van der Waals surface area contributed by atoms with Crippen LogP contribution in [0.5, 0.6) is 5.75 Å². The molecule has 1 aromatic carbocycles. The van der Waals surface area contributed by atoms with E-state index in [-0.39, 0.29) is 18.1 Å². The molecule has 1 aliphatic heterocycles. The van der Waals surface area contributed by atoms with Crippen molar-refractivity contribution in [3.05, 3.63) is 24.3 Å². The minimum atomic E-state index is -0.779. The standard InChI is InChI=1S/C16H22N2O4/c1-11(2)22-14-5-3-4-13(10-14)17-16(21)18-8-6-12(7-9-18)15(19)20/h3-5,10-12H,6-9H2,1-2H3,(H,17,21)(H,19,20). The summed E-state index contributed by atoms with van der Waals surface area (Å²) in [6, 6.07) is 7.04. The number of rotatable bonds is 4. The van der Waals surface area contributed by atoms with E-state index >= 15 is 0 Å². The van der Waals surface area contributed by atoms with Gasteiger partial charge in [0.15, 0.2) is 0 Å². The molecule has 0 saturated carbocycles. The van der Waals surface area contributed by atoms with Crippen LogP contribution >= 0.6 is 0 Å². The summed E-state index contributed by atoms with van der Waals surface area (Å²) in [6.45, 7) is 4.81. The molecule has 120 valence electrons. The second-order valence-corrected chi connectivity index (χ2v) is 5.72. The normalized spacial score (nSPS) is 15.7. The van der Waals surface area contributed by atoms with Gasteiger partial charge < -0.3 is 20.1 Å². The van der Waals surface area contributed by atoms with Crippen LogP contribution in [-0.4, -0.2) is 41.2 Å². The number of ether oxygens (including phenoxy) is 1. The van der Waals surface area contributed by atoms with Crippen LogP contribution in [0.2, 0.25) is 0 Å². The van der Waals surface area contributed by atoms with Gasteiger partial charge in [-0.3, -0.25) is 4.79 Å². The lowest BCUT2D eigenvalue weighted by atomic mass is 9.97. The number of carbonyl (C=O) groups excluding carboxylic acids is 1. The number of nitrogens with zero attached hydrogens (tertiary/aromatic N) is 1. The van der Waals surface area contributed by atoms with Gasteiger partial charge in [-0.05, 0) is 38.8 Å². The van der Waals surface area contributed by atoms with Crippen LogP contribution in [0.4, 0.5) is 10.5 Å². The molecule has 1 saturated heterocycles. The number of urea groups is 1. The lowest BCUT2D eigenvalue weighted by Gasteiger charge is -2.30. The molecular weight excluding hydrogens is 284 g/mol. The predicted octanol–water partition coefficient (Wildman–Crippen LogP) is 2.80. The lowest BCUT2D eigenvalue weighted by molar-refractivity contribution is -0.143. The summed E-state index contributed by atoms with van der Waals surface area (Å²) in [5, 5.41) is 11.8. The van der Waals surface area contributed by atoms with Crippen molar-refractivity contribution in [3.63, 3.8) is 0 Å². The molecule has 6 nitrogen and oxygen atoms in total. The van der Waals surface area contributed by atoms with E-state index in [0.717, 1.165) is 0 Å². The average Bonchev–Trinajstić information content (AvgIpc) is 2.47. The van der Waals surface area contributed by atoms with Gasteiger partial charge in [-0.2, -0.15) is 0 Å². The molecule has 0 bridgehead atoms. The number of carboxylic acid groups (broad SMARTS) is 1. The highest BCUT2D eigenvalue weighted by molar-refractivity contribution is 5.89. The molecule has 22 heavy (non-hydrogen) atoms. The van der Waals surface area contributed by atoms with Gasteiger partial charge in [0.2, 0.25) is 0 Å². The van der Waals surface area contributed by atoms with Crippen molar-refractivity contribution >= 4 is 17.7 Å². The fraction of sp³-hybridized carbons (Fsp3) is 0.500. The summed E-state index contributed by atoms with van der Waals surface area (Å²) < 4.78 is 5.59. The molecule has 0 atom stereocenters. The Morgan fingerprint density at radius 3 is 2.59 bits per heavy atom. The summed E-state index contributed by atoms with van der Waals surface area (Å²) in [7, 11) is 0. The number of carboxylic acids is 1. The number of aliphatic carboxylic acids is 1. The van der Waals surface area contributed by atoms with Crippen molar-refractivity contribution < 1.29 is 19.4 Å². The number of carbonyl (C=O) groups is 2. The maximum atomic E-state index is 12.2. The SMILES string of the molecule is CC(C)Oc1cccc(NC(=O)N2CCC(C(=O)O)CC2)c1. The molecule has 1 aliphatic rings. The zero-order valence-electron chi connectivity index (χ0n) is 12.9. The maximum absolute atomic E-state index is 12.2. The van der Waals surface area contributed by atoms with Crippen molar-refractivity contribution in [2.45, 2.75) is 32.8 Å². The molecule has 1 fully saturated rings. The van der Waals surface area contributed by atoms with Gasteiger partial charge in [-0.25, -0.2) is 4.79 Å². The monoisotopic (exact) mass is 306 g/mol. The first kappa shape index (κ1) is 16.1. The second-order valence-electron chi connectivity index (χ2n) is 5.72. The first-order valence-corrected chi connectivity index (χ1v) is 7.51. The number of benzene rings is 1. The van der Waals surface area contributed by atoms with Crippen LogP contribution in [0.1, 0.15) is 26.7 Å². The summed E-state index contributed by atoms with van der Waals surface area (Å²) in [4.78, 5) is 24.8. The van der Waals surface area contributed by atoms with E-state index in [1.54, 1.807) is 17.0 Å². The molecule has 6 heteroatoms. The molecule has 2 amide bonds. The molecule has 0 aliphatic carbocycles. The van der Waals surface area contributed by atoms with E-state index in [0.29, 0.717) is 37.4 Å². The van der Waals surface area contributed by atoms with Gasteiger partial charge in [0, 0.05) is 24.8 Å². The fourth-order valence-corrected chi connectivity index (χ4v) is 2.45. The lowest BCUT2D eigenvalue weighted by Crippen LogP contribution is -2.42. The van der Waals surface area contributed by atoms with E-state index < -0.39 is 5.97 Å². The Morgan fingerprint density at radius 2 is 2.00 bits per heavy atom. The molecule has 2 N–H and O–H groups in total. The van der Waals surface area contributed by atoms with E-state index in [4.69, 9.17) is 9.84 Å². The van der Waals surface area contributed by atoms with Crippen molar-refractivity contribution in [2.75, 3.05) is 18.4 Å². The van der Waals surface area contributed by atoms with Crippen molar-refractivity contribution in [1.29, 1.82) is 0 Å². The number of hydrogen-bond donors (Lipinski definition) is 2. The third-order valence-electron chi connectivity index (χ3n) is 3.59. The molecular formula is C16H22N2O4. The van der Waals surface area contributed by atoms with Crippen molar-refractivity contribution in [1.82, 2.24) is 4.90 Å². The summed E-state index contributed by atoms with van der Waals surface area (Å²) in [5.41, 5.74) is 0.670. The van der Waals surface area contributed by atoms with Gasteiger partial charge in [0.05, 0.1) is 12.0 Å². The van der Waals surface area contributed by atoms with Crippen LogP contribution in [0.25, 0.3) is 0 Å². The van der Waals surface area contributed by atoms with E-state index in [1.807, 2.05) is 26.0 Å². The Kier molecular flexibility index (Phi) is 5.25. The number of piperidine rings is 1. The number of anilines is 1. The molecule has 0 radical (unpaired) electrons. The van der Waals surface area contributed by atoms with E-state index in [1.165, 1.54) is 0 Å². The Balaban J connectivity index is 1.91. The molecule has 0 spiro atoms. The second kappa shape index (κ2) is 7.15. The van der Waals surface area contributed by atoms with E-state index in [2.05, 4.69) is 5.32 Å². The summed E-state index contributed by atoms with van der Waals surface area (Å²) in [5.74, 6) is -0.414. The number of amides is 2. The fourth-order valence-electron chi connectivity index (χ4n) is 2.45.